The van der Waals surface area contributed by atoms with Crippen molar-refractivity contribution in [3.63, 3.8) is 0 Å². The predicted octanol–water partition coefficient (Wildman–Crippen LogP) is 2.62. The van der Waals surface area contributed by atoms with Gasteiger partial charge in [-0.1, -0.05) is 42.2 Å². The van der Waals surface area contributed by atoms with Gasteiger partial charge >= 0.3 is 0 Å². The van der Waals surface area contributed by atoms with Crippen LogP contribution in [-0.2, 0) is 16.0 Å². The normalized spacial score (nSPS) is 22.1. The Labute approximate surface area is 209 Å². The fraction of sp³-hybridized carbons (Fsp3) is 0.370. The van der Waals surface area contributed by atoms with Gasteiger partial charge in [-0.15, -0.1) is 5.11 Å². The van der Waals surface area contributed by atoms with Crippen LogP contribution in [0.15, 0.2) is 63.8 Å². The summed E-state index contributed by atoms with van der Waals surface area (Å²) < 4.78 is 5.85. The summed E-state index contributed by atoms with van der Waals surface area (Å²) in [6, 6.07) is 14.1. The first-order chi connectivity index (χ1) is 17.4. The molecule has 2 heterocycles. The standard InChI is InChI=1S/C27H27N5O4/c1-32-21-15-19(11-14-27(35)12-5-6-13-27)9-10-22(21)36-17-20(26(32)34)28-25(33)24-29-23(30-31-24)16-18-7-3-2-4-8-18/h2-4,7-10,15,20,23,35H,5-6,12-13,16-17H2,1H3,(H,28,33)/t20-,23?/m1/s1. The van der Waals surface area contributed by atoms with Gasteiger partial charge in [0.2, 0.25) is 5.84 Å². The van der Waals surface area contributed by atoms with E-state index in [4.69, 9.17) is 4.74 Å². The summed E-state index contributed by atoms with van der Waals surface area (Å²) in [6.07, 6.45) is 3.34. The molecule has 9 heteroatoms. The molecule has 1 aliphatic carbocycles. The maximum atomic E-state index is 13.2. The molecule has 0 spiro atoms. The Morgan fingerprint density at radius 1 is 1.22 bits per heavy atom. The minimum Gasteiger partial charge on any atom is -0.489 e. The molecule has 0 bridgehead atoms. The number of benzene rings is 2. The van der Waals surface area contributed by atoms with Crippen molar-refractivity contribution in [2.75, 3.05) is 18.6 Å². The largest absolute Gasteiger partial charge is 0.489 e. The number of hydrogen-bond donors (Lipinski definition) is 2. The van der Waals surface area contributed by atoms with Gasteiger partial charge in [-0.3, -0.25) is 9.59 Å². The van der Waals surface area contributed by atoms with Crippen LogP contribution in [0.4, 0.5) is 5.69 Å². The van der Waals surface area contributed by atoms with Crippen molar-refractivity contribution in [2.45, 2.75) is 49.9 Å². The summed E-state index contributed by atoms with van der Waals surface area (Å²) in [5, 5.41) is 21.2. The highest BCUT2D eigenvalue weighted by Crippen LogP contribution is 2.32. The van der Waals surface area contributed by atoms with Crippen LogP contribution in [0.3, 0.4) is 0 Å². The van der Waals surface area contributed by atoms with Crippen molar-refractivity contribution in [3.8, 4) is 17.6 Å². The molecule has 1 unspecified atom stereocenters. The molecule has 0 saturated heterocycles. The number of carbonyl (C=O) groups is 2. The number of azo groups is 1. The van der Waals surface area contributed by atoms with Crippen molar-refractivity contribution in [1.29, 1.82) is 0 Å². The van der Waals surface area contributed by atoms with Crippen LogP contribution in [0.25, 0.3) is 0 Å². The van der Waals surface area contributed by atoms with Crippen LogP contribution in [0.2, 0.25) is 0 Å². The Morgan fingerprint density at radius 3 is 2.78 bits per heavy atom. The lowest BCUT2D eigenvalue weighted by atomic mass is 10.0. The van der Waals surface area contributed by atoms with Gasteiger partial charge in [-0.2, -0.15) is 5.11 Å². The molecular weight excluding hydrogens is 458 g/mol. The highest BCUT2D eigenvalue weighted by Gasteiger charge is 2.33. The minimum atomic E-state index is -0.944. The van der Waals surface area contributed by atoms with E-state index in [0.29, 0.717) is 36.3 Å². The Kier molecular flexibility index (Phi) is 6.53. The van der Waals surface area contributed by atoms with Gasteiger partial charge in [0.25, 0.3) is 11.8 Å². The molecule has 184 valence electrons. The molecule has 1 saturated carbocycles. The first kappa shape index (κ1) is 23.7. The molecule has 2 aromatic rings. The molecule has 2 amide bonds. The highest BCUT2D eigenvalue weighted by molar-refractivity contribution is 6.38. The number of fused-ring (bicyclic) bond motifs is 1. The van der Waals surface area contributed by atoms with Gasteiger partial charge < -0.3 is 20.1 Å². The summed E-state index contributed by atoms with van der Waals surface area (Å²) in [6.45, 7) is -0.0371. The van der Waals surface area contributed by atoms with Crippen molar-refractivity contribution >= 4 is 23.3 Å². The molecule has 2 aromatic carbocycles. The number of ether oxygens (including phenoxy) is 1. The number of aliphatic hydroxyl groups is 1. The second-order valence-corrected chi connectivity index (χ2v) is 9.24. The third kappa shape index (κ3) is 5.14. The Balaban J connectivity index is 1.25. The Morgan fingerprint density at radius 2 is 2.00 bits per heavy atom. The molecule has 0 aromatic heterocycles. The second-order valence-electron chi connectivity index (χ2n) is 9.24. The van der Waals surface area contributed by atoms with Gasteiger partial charge in [0.1, 0.15) is 24.0 Å². The fourth-order valence-electron chi connectivity index (χ4n) is 4.51. The third-order valence-electron chi connectivity index (χ3n) is 6.55. The maximum absolute atomic E-state index is 13.2. The number of amidine groups is 1. The van der Waals surface area contributed by atoms with E-state index >= 15 is 0 Å². The van der Waals surface area contributed by atoms with Crippen LogP contribution < -0.4 is 15.0 Å². The van der Waals surface area contributed by atoms with Crippen molar-refractivity contribution < 1.29 is 19.4 Å². The smallest absolute Gasteiger partial charge is 0.291 e. The van der Waals surface area contributed by atoms with E-state index in [1.54, 1.807) is 25.2 Å². The molecule has 2 N–H and O–H groups in total. The fourth-order valence-corrected chi connectivity index (χ4v) is 4.51. The number of nitrogens with one attached hydrogen (secondary N) is 1. The zero-order valence-electron chi connectivity index (χ0n) is 20.0. The summed E-state index contributed by atoms with van der Waals surface area (Å²) in [4.78, 5) is 31.7. The molecule has 2 atom stereocenters. The minimum absolute atomic E-state index is 0.0371. The number of hydrogen-bond acceptors (Lipinski definition) is 7. The van der Waals surface area contributed by atoms with Gasteiger partial charge in [0.15, 0.2) is 6.17 Å². The van der Waals surface area contributed by atoms with Gasteiger partial charge in [0, 0.05) is 19.0 Å². The lowest BCUT2D eigenvalue weighted by molar-refractivity contribution is -0.124. The number of aliphatic imine (C=N–C) groups is 1. The quantitative estimate of drug-likeness (QED) is 0.648. The lowest BCUT2D eigenvalue weighted by Crippen LogP contribution is -2.50. The molecule has 2 aliphatic heterocycles. The molecule has 9 nitrogen and oxygen atoms in total. The lowest BCUT2D eigenvalue weighted by Gasteiger charge is -2.20. The molecular formula is C27H27N5O4. The molecule has 0 radical (unpaired) electrons. The number of rotatable bonds is 4. The van der Waals surface area contributed by atoms with E-state index in [-0.39, 0.29) is 18.3 Å². The molecule has 5 rings (SSSR count). The molecule has 3 aliphatic rings. The first-order valence-corrected chi connectivity index (χ1v) is 12.0. The summed E-state index contributed by atoms with van der Waals surface area (Å²) in [5.41, 5.74) is 1.31. The second kappa shape index (κ2) is 9.91. The van der Waals surface area contributed by atoms with Crippen LogP contribution in [0, 0.1) is 11.8 Å². The Hall–Kier alpha value is -4.03. The monoisotopic (exact) mass is 485 g/mol. The van der Waals surface area contributed by atoms with Crippen molar-refractivity contribution in [2.24, 2.45) is 15.2 Å². The van der Waals surface area contributed by atoms with Crippen LogP contribution in [0.1, 0.15) is 36.8 Å². The average molecular weight is 486 g/mol. The van der Waals surface area contributed by atoms with Crippen LogP contribution in [0.5, 0.6) is 5.75 Å². The average Bonchev–Trinajstić information content (AvgIpc) is 3.52. The van der Waals surface area contributed by atoms with Crippen molar-refractivity contribution in [1.82, 2.24) is 5.32 Å². The summed E-state index contributed by atoms with van der Waals surface area (Å²) in [5.74, 6) is 5.55. The number of anilines is 1. The zero-order chi connectivity index (χ0) is 25.1. The number of nitrogens with zero attached hydrogens (tertiary/aromatic N) is 4. The number of likely N-dealkylation sites (N-methyl/N-ethyl adjacent to an activating group) is 1. The first-order valence-electron chi connectivity index (χ1n) is 12.0. The van der Waals surface area contributed by atoms with E-state index in [9.17, 15) is 14.7 Å². The zero-order valence-corrected chi connectivity index (χ0v) is 20.0. The maximum Gasteiger partial charge on any atom is 0.291 e. The van der Waals surface area contributed by atoms with E-state index < -0.39 is 23.7 Å². The van der Waals surface area contributed by atoms with Gasteiger partial charge in [-0.25, -0.2) is 4.99 Å². The summed E-state index contributed by atoms with van der Waals surface area (Å²) in [7, 11) is 1.62. The van der Waals surface area contributed by atoms with Crippen LogP contribution >= 0.6 is 0 Å². The van der Waals surface area contributed by atoms with E-state index in [2.05, 4.69) is 32.4 Å². The topological polar surface area (TPSA) is 116 Å². The predicted molar refractivity (Wildman–Crippen MR) is 134 cm³/mol. The van der Waals surface area contributed by atoms with E-state index in [0.717, 1.165) is 18.4 Å². The van der Waals surface area contributed by atoms with E-state index in [1.165, 1.54) is 4.90 Å². The Bertz CT molecular complexity index is 1290. The number of amides is 2. The van der Waals surface area contributed by atoms with E-state index in [1.807, 2.05) is 30.3 Å². The van der Waals surface area contributed by atoms with Gasteiger partial charge in [-0.05, 0) is 49.4 Å². The molecule has 36 heavy (non-hydrogen) atoms. The summed E-state index contributed by atoms with van der Waals surface area (Å²) >= 11 is 0. The van der Waals surface area contributed by atoms with Crippen molar-refractivity contribution in [3.05, 3.63) is 59.7 Å². The molecule has 1 fully saturated rings. The number of carbonyl (C=O) groups excluding carboxylic acids is 2. The van der Waals surface area contributed by atoms with Crippen LogP contribution in [-0.4, -0.2) is 54.2 Å². The third-order valence-corrected chi connectivity index (χ3v) is 6.55. The highest BCUT2D eigenvalue weighted by atomic mass is 16.5. The SMILES string of the molecule is CN1C(=O)[C@H](NC(=O)C2=NC(Cc3ccccc3)N=N2)COc2ccc(C#CC3(O)CCCC3)cc21. The van der Waals surface area contributed by atoms with Gasteiger partial charge in [0.05, 0.1) is 5.69 Å².